The minimum absolute atomic E-state index is 0.287. The van der Waals surface area contributed by atoms with Crippen molar-refractivity contribution in [2.24, 2.45) is 10.5 Å². The minimum atomic E-state index is -1.88. The Hall–Kier alpha value is -4.46. The summed E-state index contributed by atoms with van der Waals surface area (Å²) in [4.78, 5) is 42.6. The van der Waals surface area contributed by atoms with Gasteiger partial charge in [-0.25, -0.2) is 0 Å². The molecule has 3 heterocycles. The maximum Gasteiger partial charge on any atom is 0.330 e. The molecular formula is C30H26N2O6. The first kappa shape index (κ1) is 23.9. The maximum atomic E-state index is 14.3. The van der Waals surface area contributed by atoms with Crippen LogP contribution in [-0.4, -0.2) is 47.9 Å². The van der Waals surface area contributed by atoms with Crippen molar-refractivity contribution in [3.63, 3.8) is 0 Å². The molecular weight excluding hydrogens is 484 g/mol. The molecule has 0 bridgehead atoms. The molecule has 2 fully saturated rings. The van der Waals surface area contributed by atoms with Crippen molar-refractivity contribution in [3.8, 4) is 5.75 Å². The number of hydrogen-bond donors (Lipinski definition) is 0. The monoisotopic (exact) mass is 510 g/mol. The highest BCUT2D eigenvalue weighted by atomic mass is 16.7. The van der Waals surface area contributed by atoms with Gasteiger partial charge in [0.05, 0.1) is 13.3 Å². The zero-order chi connectivity index (χ0) is 26.7. The Balaban J connectivity index is 1.62. The number of hydrogen-bond acceptors (Lipinski definition) is 8. The summed E-state index contributed by atoms with van der Waals surface area (Å²) in [7, 11) is 1.55. The molecule has 0 saturated carbocycles. The number of carbonyl (C=O) groups is 3. The minimum Gasteiger partial charge on any atom is -0.497 e. The first-order valence-electron chi connectivity index (χ1n) is 12.4. The lowest BCUT2D eigenvalue weighted by atomic mass is 9.65. The van der Waals surface area contributed by atoms with Gasteiger partial charge in [0, 0.05) is 25.3 Å². The summed E-state index contributed by atoms with van der Waals surface area (Å²) in [5.41, 5.74) is 0.608. The van der Waals surface area contributed by atoms with Crippen molar-refractivity contribution < 1.29 is 28.6 Å². The number of carbonyl (C=O) groups excluding carboxylic acids is 3. The van der Waals surface area contributed by atoms with Gasteiger partial charge < -0.3 is 14.2 Å². The lowest BCUT2D eigenvalue weighted by Crippen LogP contribution is -2.58. The van der Waals surface area contributed by atoms with Crippen LogP contribution in [0.3, 0.4) is 0 Å². The number of nitrogens with zero attached hydrogens (tertiary/aromatic N) is 2. The number of ketones is 1. The summed E-state index contributed by atoms with van der Waals surface area (Å²) in [6.07, 6.45) is 1.66. The predicted molar refractivity (Wildman–Crippen MR) is 138 cm³/mol. The van der Waals surface area contributed by atoms with E-state index < -0.39 is 41.1 Å². The molecule has 38 heavy (non-hydrogen) atoms. The molecule has 2 saturated heterocycles. The molecule has 8 nitrogen and oxygen atoms in total. The van der Waals surface area contributed by atoms with Crippen LogP contribution in [0.25, 0.3) is 0 Å². The van der Waals surface area contributed by atoms with Crippen LogP contribution in [0.4, 0.5) is 0 Å². The van der Waals surface area contributed by atoms with Crippen LogP contribution in [0.15, 0.2) is 84.0 Å². The fraction of sp³-hybridized carbons (Fsp3) is 0.267. The molecule has 192 valence electrons. The topological polar surface area (TPSA) is 94.5 Å². The van der Waals surface area contributed by atoms with Gasteiger partial charge in [-0.15, -0.1) is 0 Å². The van der Waals surface area contributed by atoms with Crippen LogP contribution in [0.5, 0.6) is 5.75 Å². The lowest BCUT2D eigenvalue weighted by molar-refractivity contribution is -0.254. The molecule has 3 aromatic carbocycles. The highest BCUT2D eigenvalue weighted by Gasteiger charge is 2.75. The third-order valence-electron chi connectivity index (χ3n) is 7.56. The van der Waals surface area contributed by atoms with Crippen molar-refractivity contribution in [3.05, 3.63) is 101 Å². The van der Waals surface area contributed by atoms with E-state index in [0.717, 1.165) is 5.56 Å². The standard InChI is InChI=1S/C30H26N2O6/c1-29(2)37-27(34)30(28(35)38-29)23(18-9-5-4-6-10-18)24(25(33)19-13-15-21(36-3)16-14-19)32-26(30)22-12-8-7-11-20(22)17-31-32/h4-17,23-24,26H,1-3H3/t23-,24-,26-/m0/s1. The van der Waals surface area contributed by atoms with Gasteiger partial charge in [-0.05, 0) is 41.0 Å². The summed E-state index contributed by atoms with van der Waals surface area (Å²) in [6, 6.07) is 21.3. The Bertz CT molecular complexity index is 1440. The first-order valence-corrected chi connectivity index (χ1v) is 12.4. The van der Waals surface area contributed by atoms with E-state index >= 15 is 0 Å². The third kappa shape index (κ3) is 3.36. The molecule has 0 aromatic heterocycles. The van der Waals surface area contributed by atoms with Crippen molar-refractivity contribution in [1.29, 1.82) is 0 Å². The quantitative estimate of drug-likeness (QED) is 0.294. The van der Waals surface area contributed by atoms with E-state index in [1.54, 1.807) is 42.6 Å². The molecule has 1 spiro atoms. The molecule has 3 aliphatic rings. The van der Waals surface area contributed by atoms with Crippen LogP contribution in [0.1, 0.15) is 52.9 Å². The van der Waals surface area contributed by atoms with Gasteiger partial charge in [0.15, 0.2) is 5.78 Å². The zero-order valence-corrected chi connectivity index (χ0v) is 21.2. The Morgan fingerprint density at radius 1 is 0.895 bits per heavy atom. The second-order valence-corrected chi connectivity index (χ2v) is 10.1. The van der Waals surface area contributed by atoms with Crippen LogP contribution in [0, 0.1) is 5.41 Å². The smallest absolute Gasteiger partial charge is 0.330 e. The number of fused-ring (bicyclic) bond motifs is 4. The number of Topliss-reactive ketones (excluding diaryl/α,β-unsaturated/α-hetero) is 1. The molecule has 3 atom stereocenters. The second-order valence-electron chi connectivity index (χ2n) is 10.1. The van der Waals surface area contributed by atoms with Gasteiger partial charge in [-0.2, -0.15) is 5.10 Å². The van der Waals surface area contributed by atoms with Crippen LogP contribution in [0.2, 0.25) is 0 Å². The van der Waals surface area contributed by atoms with Crippen molar-refractivity contribution in [2.75, 3.05) is 7.11 Å². The van der Waals surface area contributed by atoms with Gasteiger partial charge >= 0.3 is 11.9 Å². The Morgan fingerprint density at radius 2 is 1.53 bits per heavy atom. The van der Waals surface area contributed by atoms with E-state index in [4.69, 9.17) is 14.2 Å². The van der Waals surface area contributed by atoms with Crippen LogP contribution >= 0.6 is 0 Å². The number of esters is 2. The Labute approximate surface area is 219 Å². The third-order valence-corrected chi connectivity index (χ3v) is 7.56. The predicted octanol–water partition coefficient (Wildman–Crippen LogP) is 4.26. The molecule has 0 unspecified atom stereocenters. The summed E-state index contributed by atoms with van der Waals surface area (Å²) in [5, 5.41) is 6.26. The van der Waals surface area contributed by atoms with Gasteiger partial charge in [0.1, 0.15) is 17.8 Å². The Morgan fingerprint density at radius 3 is 2.18 bits per heavy atom. The molecule has 3 aromatic rings. The molecule has 0 N–H and O–H groups in total. The number of hydrazone groups is 1. The highest BCUT2D eigenvalue weighted by molar-refractivity contribution is 6.09. The van der Waals surface area contributed by atoms with Gasteiger partial charge in [0.25, 0.3) is 5.79 Å². The fourth-order valence-corrected chi connectivity index (χ4v) is 5.97. The summed E-state index contributed by atoms with van der Waals surface area (Å²) >= 11 is 0. The normalized spacial score (nSPS) is 24.3. The summed E-state index contributed by atoms with van der Waals surface area (Å²) < 4.78 is 16.8. The molecule has 6 rings (SSSR count). The van der Waals surface area contributed by atoms with Crippen molar-refractivity contribution in [1.82, 2.24) is 5.01 Å². The van der Waals surface area contributed by atoms with E-state index in [0.29, 0.717) is 22.4 Å². The molecule has 8 heteroatoms. The number of cyclic esters (lactones) is 2. The SMILES string of the molecule is COc1ccc(C(=O)[C@@H]2[C@H](c3ccccc3)C3(C(=O)OC(C)(C)OC3=O)[C@@H]3c4ccccc4C=NN23)cc1. The number of rotatable bonds is 4. The van der Waals surface area contributed by atoms with E-state index in [1.807, 2.05) is 54.6 Å². The highest BCUT2D eigenvalue weighted by Crippen LogP contribution is 2.62. The van der Waals surface area contributed by atoms with Gasteiger partial charge in [0.2, 0.25) is 5.41 Å². The van der Waals surface area contributed by atoms with Gasteiger partial charge in [-0.3, -0.25) is 19.4 Å². The van der Waals surface area contributed by atoms with Crippen LogP contribution < -0.4 is 4.74 Å². The Kier molecular flexibility index (Phi) is 5.38. The maximum absolute atomic E-state index is 14.3. The molecule has 3 aliphatic heterocycles. The largest absolute Gasteiger partial charge is 0.497 e. The number of methoxy groups -OCH3 is 1. The first-order chi connectivity index (χ1) is 18.3. The number of benzene rings is 3. The fourth-order valence-electron chi connectivity index (χ4n) is 5.97. The van der Waals surface area contributed by atoms with Crippen LogP contribution in [-0.2, 0) is 19.1 Å². The van der Waals surface area contributed by atoms with E-state index in [-0.39, 0.29) is 5.78 Å². The second kappa shape index (κ2) is 8.55. The lowest BCUT2D eigenvalue weighted by Gasteiger charge is -2.44. The van der Waals surface area contributed by atoms with E-state index in [1.165, 1.54) is 13.8 Å². The summed E-state index contributed by atoms with van der Waals surface area (Å²) in [5.74, 6) is -3.54. The average molecular weight is 511 g/mol. The summed E-state index contributed by atoms with van der Waals surface area (Å²) in [6.45, 7) is 3.04. The van der Waals surface area contributed by atoms with Crippen molar-refractivity contribution >= 4 is 23.9 Å². The zero-order valence-electron chi connectivity index (χ0n) is 21.2. The molecule has 0 aliphatic carbocycles. The van der Waals surface area contributed by atoms with Gasteiger partial charge in [-0.1, -0.05) is 54.6 Å². The molecule has 0 radical (unpaired) electrons. The van der Waals surface area contributed by atoms with Crippen molar-refractivity contribution in [2.45, 2.75) is 37.6 Å². The van der Waals surface area contributed by atoms with E-state index in [2.05, 4.69) is 5.10 Å². The van der Waals surface area contributed by atoms with E-state index in [9.17, 15) is 14.4 Å². The average Bonchev–Trinajstić information content (AvgIpc) is 3.24. The molecule has 0 amide bonds. The number of ether oxygens (including phenoxy) is 3.